The Morgan fingerprint density at radius 1 is 1.09 bits per heavy atom. The first-order valence-corrected chi connectivity index (χ1v) is 7.16. The van der Waals surface area contributed by atoms with Crippen LogP contribution in [0.5, 0.6) is 5.75 Å². The van der Waals surface area contributed by atoms with Gasteiger partial charge in [0.1, 0.15) is 11.7 Å². The minimum Gasteiger partial charge on any atom is -0.425 e. The number of para-hydroxylation sites is 1. The predicted octanol–water partition coefficient (Wildman–Crippen LogP) is 2.37. The topological polar surface area (TPSA) is 46.6 Å². The van der Waals surface area contributed by atoms with E-state index in [-0.39, 0.29) is 18.3 Å². The molecule has 2 aromatic rings. The highest BCUT2D eigenvalue weighted by Crippen LogP contribution is 2.41. The fourth-order valence-electron chi connectivity index (χ4n) is 2.66. The summed E-state index contributed by atoms with van der Waals surface area (Å²) in [7, 11) is 3.43. The maximum absolute atomic E-state index is 12.3. The number of ether oxygens (including phenoxy) is 1. The molecule has 0 fully saturated rings. The standard InChI is InChI=1S/C18H17NO3/c1-19(2)15(20)11-13-9-6-10-14-16(18(21)22-17(13)14)12-7-4-3-5-8-12/h3-10,16H,11H2,1-2H3. The van der Waals surface area contributed by atoms with E-state index in [4.69, 9.17) is 4.74 Å². The molecule has 1 atom stereocenters. The quantitative estimate of drug-likeness (QED) is 0.645. The Morgan fingerprint density at radius 2 is 1.82 bits per heavy atom. The van der Waals surface area contributed by atoms with Gasteiger partial charge in [-0.15, -0.1) is 0 Å². The summed E-state index contributed by atoms with van der Waals surface area (Å²) in [4.78, 5) is 25.7. The fourth-order valence-corrected chi connectivity index (χ4v) is 2.66. The lowest BCUT2D eigenvalue weighted by atomic mass is 9.91. The summed E-state index contributed by atoms with van der Waals surface area (Å²) < 4.78 is 5.48. The maximum Gasteiger partial charge on any atom is 0.323 e. The second kappa shape index (κ2) is 5.64. The van der Waals surface area contributed by atoms with Crippen LogP contribution in [0.15, 0.2) is 48.5 Å². The zero-order valence-electron chi connectivity index (χ0n) is 12.6. The van der Waals surface area contributed by atoms with Crippen LogP contribution in [0.2, 0.25) is 0 Å². The van der Waals surface area contributed by atoms with Crippen molar-refractivity contribution < 1.29 is 14.3 Å². The number of hydrogen-bond acceptors (Lipinski definition) is 3. The molecule has 0 saturated heterocycles. The third kappa shape index (κ3) is 2.48. The van der Waals surface area contributed by atoms with Gasteiger partial charge < -0.3 is 9.64 Å². The van der Waals surface area contributed by atoms with Crippen LogP contribution in [-0.4, -0.2) is 30.9 Å². The number of esters is 1. The number of likely N-dealkylation sites (N-methyl/N-ethyl adjacent to an activating group) is 1. The normalized spacial score (nSPS) is 16.1. The van der Waals surface area contributed by atoms with E-state index in [0.29, 0.717) is 5.75 Å². The van der Waals surface area contributed by atoms with Gasteiger partial charge in [0, 0.05) is 25.2 Å². The second-order valence-corrected chi connectivity index (χ2v) is 5.57. The van der Waals surface area contributed by atoms with Gasteiger partial charge in [0.2, 0.25) is 5.91 Å². The molecule has 4 nitrogen and oxygen atoms in total. The number of benzene rings is 2. The Morgan fingerprint density at radius 3 is 2.50 bits per heavy atom. The van der Waals surface area contributed by atoms with Crippen LogP contribution in [0.1, 0.15) is 22.6 Å². The van der Waals surface area contributed by atoms with Crippen LogP contribution in [0.3, 0.4) is 0 Å². The van der Waals surface area contributed by atoms with Gasteiger partial charge in [0.15, 0.2) is 0 Å². The average molecular weight is 295 g/mol. The van der Waals surface area contributed by atoms with Gasteiger partial charge in [-0.25, -0.2) is 0 Å². The van der Waals surface area contributed by atoms with E-state index in [0.717, 1.165) is 16.7 Å². The number of rotatable bonds is 3. The molecule has 0 aromatic heterocycles. The monoisotopic (exact) mass is 295 g/mol. The number of carbonyl (C=O) groups is 2. The number of nitrogens with zero attached hydrogens (tertiary/aromatic N) is 1. The summed E-state index contributed by atoms with van der Waals surface area (Å²) in [5, 5.41) is 0. The molecule has 1 aliphatic heterocycles. The van der Waals surface area contributed by atoms with Crippen molar-refractivity contribution in [3.8, 4) is 5.75 Å². The molecule has 1 aliphatic rings. The van der Waals surface area contributed by atoms with Gasteiger partial charge in [-0.05, 0) is 5.56 Å². The molecule has 4 heteroatoms. The Hall–Kier alpha value is -2.62. The highest BCUT2D eigenvalue weighted by molar-refractivity contribution is 5.91. The zero-order valence-corrected chi connectivity index (χ0v) is 12.6. The molecule has 0 aliphatic carbocycles. The molecular weight excluding hydrogens is 278 g/mol. The van der Waals surface area contributed by atoms with Gasteiger partial charge in [-0.2, -0.15) is 0 Å². The third-order valence-electron chi connectivity index (χ3n) is 3.85. The molecule has 0 radical (unpaired) electrons. The average Bonchev–Trinajstić information content (AvgIpc) is 2.85. The smallest absolute Gasteiger partial charge is 0.323 e. The molecule has 2 aromatic carbocycles. The molecule has 1 heterocycles. The van der Waals surface area contributed by atoms with Crippen molar-refractivity contribution in [3.05, 3.63) is 65.2 Å². The molecule has 0 N–H and O–H groups in total. The lowest BCUT2D eigenvalue weighted by Crippen LogP contribution is -2.23. The van der Waals surface area contributed by atoms with E-state index in [1.165, 1.54) is 4.90 Å². The fraction of sp³-hybridized carbons (Fsp3) is 0.222. The second-order valence-electron chi connectivity index (χ2n) is 5.57. The minimum atomic E-state index is -0.411. The highest BCUT2D eigenvalue weighted by atomic mass is 16.5. The van der Waals surface area contributed by atoms with Gasteiger partial charge in [-0.3, -0.25) is 9.59 Å². The van der Waals surface area contributed by atoms with Crippen molar-refractivity contribution in [1.29, 1.82) is 0 Å². The van der Waals surface area contributed by atoms with Crippen LogP contribution in [0, 0.1) is 0 Å². The van der Waals surface area contributed by atoms with Crippen molar-refractivity contribution >= 4 is 11.9 Å². The molecule has 1 unspecified atom stereocenters. The molecule has 0 bridgehead atoms. The van der Waals surface area contributed by atoms with E-state index in [9.17, 15) is 9.59 Å². The number of hydrogen-bond donors (Lipinski definition) is 0. The van der Waals surface area contributed by atoms with Crippen molar-refractivity contribution in [1.82, 2.24) is 4.90 Å². The molecule has 1 amide bonds. The van der Waals surface area contributed by atoms with Crippen LogP contribution in [0.4, 0.5) is 0 Å². The van der Waals surface area contributed by atoms with Crippen molar-refractivity contribution in [2.24, 2.45) is 0 Å². The molecule has 0 saturated carbocycles. The van der Waals surface area contributed by atoms with Gasteiger partial charge in [0.25, 0.3) is 0 Å². The summed E-state index contributed by atoms with van der Waals surface area (Å²) in [6, 6.07) is 15.1. The van der Waals surface area contributed by atoms with Crippen LogP contribution >= 0.6 is 0 Å². The summed E-state index contributed by atoms with van der Waals surface area (Å²) in [5.74, 6) is -0.180. The lowest BCUT2D eigenvalue weighted by Gasteiger charge is -2.12. The first kappa shape index (κ1) is 14.3. The number of fused-ring (bicyclic) bond motifs is 1. The van der Waals surface area contributed by atoms with E-state index in [1.54, 1.807) is 14.1 Å². The van der Waals surface area contributed by atoms with Crippen LogP contribution in [-0.2, 0) is 16.0 Å². The Bertz CT molecular complexity index is 722. The molecule has 0 spiro atoms. The Kier molecular flexibility index (Phi) is 3.67. The highest BCUT2D eigenvalue weighted by Gasteiger charge is 2.36. The SMILES string of the molecule is CN(C)C(=O)Cc1cccc2c1OC(=O)C2c1ccccc1. The summed E-state index contributed by atoms with van der Waals surface area (Å²) in [6.45, 7) is 0. The first-order valence-electron chi connectivity index (χ1n) is 7.16. The largest absolute Gasteiger partial charge is 0.425 e. The maximum atomic E-state index is 12.3. The van der Waals surface area contributed by atoms with Crippen molar-refractivity contribution in [3.63, 3.8) is 0 Å². The predicted molar refractivity (Wildman–Crippen MR) is 82.8 cm³/mol. The number of amides is 1. The van der Waals surface area contributed by atoms with Gasteiger partial charge >= 0.3 is 5.97 Å². The van der Waals surface area contributed by atoms with Gasteiger partial charge in [-0.1, -0.05) is 48.5 Å². The van der Waals surface area contributed by atoms with Gasteiger partial charge in [0.05, 0.1) is 6.42 Å². The first-order chi connectivity index (χ1) is 10.6. The lowest BCUT2D eigenvalue weighted by molar-refractivity contribution is -0.133. The number of carbonyl (C=O) groups excluding carboxylic acids is 2. The van der Waals surface area contributed by atoms with Crippen molar-refractivity contribution in [2.45, 2.75) is 12.3 Å². The Balaban J connectivity index is 2.00. The van der Waals surface area contributed by atoms with E-state index >= 15 is 0 Å². The van der Waals surface area contributed by atoms with E-state index < -0.39 is 5.92 Å². The third-order valence-corrected chi connectivity index (χ3v) is 3.85. The summed E-state index contributed by atoms with van der Waals surface area (Å²) in [5.41, 5.74) is 2.49. The molecule has 112 valence electrons. The minimum absolute atomic E-state index is 0.0207. The summed E-state index contributed by atoms with van der Waals surface area (Å²) >= 11 is 0. The van der Waals surface area contributed by atoms with Crippen LogP contribution in [0.25, 0.3) is 0 Å². The van der Waals surface area contributed by atoms with E-state index in [1.807, 2.05) is 48.5 Å². The molecule has 22 heavy (non-hydrogen) atoms. The molecule has 3 rings (SSSR count). The van der Waals surface area contributed by atoms with Crippen molar-refractivity contribution in [2.75, 3.05) is 14.1 Å². The summed E-state index contributed by atoms with van der Waals surface area (Å²) in [6.07, 6.45) is 0.227. The Labute approximate surface area is 129 Å². The zero-order chi connectivity index (χ0) is 15.7. The molecular formula is C18H17NO3. The van der Waals surface area contributed by atoms with E-state index in [2.05, 4.69) is 0 Å². The van der Waals surface area contributed by atoms with Crippen LogP contribution < -0.4 is 4.74 Å².